The van der Waals surface area contributed by atoms with Crippen LogP contribution in [0.4, 0.5) is 0 Å². The van der Waals surface area contributed by atoms with E-state index in [0.29, 0.717) is 0 Å². The molecule has 0 amide bonds. The van der Waals surface area contributed by atoms with E-state index in [9.17, 15) is 4.57 Å². The summed E-state index contributed by atoms with van der Waals surface area (Å²) in [6, 6.07) is 10.4. The van der Waals surface area contributed by atoms with Crippen molar-refractivity contribution in [2.45, 2.75) is 47.6 Å². The fourth-order valence-corrected chi connectivity index (χ4v) is 9.13. The third-order valence-electron chi connectivity index (χ3n) is 3.70. The van der Waals surface area contributed by atoms with Crippen molar-refractivity contribution in [2.75, 3.05) is 7.11 Å². The SMILES string of the molecule is CO[P@@]1(=O)O[C@H](C(C)(C)C)C([Se]c2ccccc2)=C1C(C)(C)C. The number of hydrogen-bond donors (Lipinski definition) is 0. The fourth-order valence-electron chi connectivity index (χ4n) is 2.68. The van der Waals surface area contributed by atoms with Gasteiger partial charge in [0.15, 0.2) is 0 Å². The van der Waals surface area contributed by atoms with Crippen molar-refractivity contribution >= 4 is 27.0 Å². The van der Waals surface area contributed by atoms with Gasteiger partial charge in [0.05, 0.1) is 0 Å². The van der Waals surface area contributed by atoms with Gasteiger partial charge in [-0.25, -0.2) is 0 Å². The molecule has 0 saturated heterocycles. The van der Waals surface area contributed by atoms with Crippen molar-refractivity contribution in [1.82, 2.24) is 0 Å². The third kappa shape index (κ3) is 4.00. The zero-order chi connectivity index (χ0) is 17.5. The molecule has 0 N–H and O–H groups in total. The van der Waals surface area contributed by atoms with Crippen LogP contribution in [0.2, 0.25) is 0 Å². The van der Waals surface area contributed by atoms with Crippen LogP contribution in [-0.2, 0) is 13.6 Å². The molecule has 0 aliphatic carbocycles. The zero-order valence-electron chi connectivity index (χ0n) is 15.0. The summed E-state index contributed by atoms with van der Waals surface area (Å²) < 4.78 is 27.2. The number of benzene rings is 1. The molecule has 2 atom stereocenters. The predicted octanol–water partition coefficient (Wildman–Crippen LogP) is 4.56. The quantitative estimate of drug-likeness (QED) is 0.550. The van der Waals surface area contributed by atoms with Crippen molar-refractivity contribution in [3.63, 3.8) is 0 Å². The Labute approximate surface area is 146 Å². The second-order valence-electron chi connectivity index (χ2n) is 7.91. The number of rotatable bonds is 3. The van der Waals surface area contributed by atoms with E-state index in [0.717, 1.165) is 5.31 Å². The molecule has 23 heavy (non-hydrogen) atoms. The van der Waals surface area contributed by atoms with Crippen LogP contribution in [0.5, 0.6) is 0 Å². The Morgan fingerprint density at radius 3 is 2.09 bits per heavy atom. The van der Waals surface area contributed by atoms with Crippen LogP contribution < -0.4 is 4.46 Å². The topological polar surface area (TPSA) is 35.5 Å². The van der Waals surface area contributed by atoms with Crippen molar-refractivity contribution in [3.8, 4) is 0 Å². The molecule has 0 spiro atoms. The maximum absolute atomic E-state index is 13.3. The molecule has 0 bridgehead atoms. The molecule has 1 aromatic carbocycles. The summed E-state index contributed by atoms with van der Waals surface area (Å²) in [5, 5.41) is 0.872. The van der Waals surface area contributed by atoms with Gasteiger partial charge in [-0.15, -0.1) is 0 Å². The van der Waals surface area contributed by atoms with Gasteiger partial charge in [-0.1, -0.05) is 0 Å². The van der Waals surface area contributed by atoms with Gasteiger partial charge < -0.3 is 0 Å². The van der Waals surface area contributed by atoms with Crippen molar-refractivity contribution in [2.24, 2.45) is 10.8 Å². The van der Waals surface area contributed by atoms with Gasteiger partial charge in [0.1, 0.15) is 0 Å². The van der Waals surface area contributed by atoms with E-state index in [1.165, 1.54) is 16.0 Å². The first-order chi connectivity index (χ1) is 10.5. The Morgan fingerprint density at radius 1 is 1.09 bits per heavy atom. The molecule has 0 fully saturated rings. The van der Waals surface area contributed by atoms with Gasteiger partial charge in [0.25, 0.3) is 0 Å². The van der Waals surface area contributed by atoms with E-state index in [2.05, 4.69) is 53.7 Å². The van der Waals surface area contributed by atoms with Crippen LogP contribution in [0.15, 0.2) is 40.1 Å². The molecule has 2 rings (SSSR count). The van der Waals surface area contributed by atoms with Crippen LogP contribution in [0.3, 0.4) is 0 Å². The number of hydrogen-bond acceptors (Lipinski definition) is 3. The van der Waals surface area contributed by atoms with E-state index in [1.807, 2.05) is 18.2 Å². The summed E-state index contributed by atoms with van der Waals surface area (Å²) in [7, 11) is -1.74. The van der Waals surface area contributed by atoms with E-state index in [1.54, 1.807) is 0 Å². The van der Waals surface area contributed by atoms with Crippen LogP contribution in [0.1, 0.15) is 41.5 Å². The Hall–Kier alpha value is -0.371. The molecule has 0 aromatic heterocycles. The predicted molar refractivity (Wildman–Crippen MR) is 97.3 cm³/mol. The Balaban J connectivity index is 2.62. The van der Waals surface area contributed by atoms with Gasteiger partial charge in [0, 0.05) is 0 Å². The summed E-state index contributed by atoms with van der Waals surface area (Å²) >= 11 is 0.0620. The minimum absolute atomic E-state index is 0.0620. The van der Waals surface area contributed by atoms with Gasteiger partial charge in [-0.2, -0.15) is 0 Å². The van der Waals surface area contributed by atoms with E-state index >= 15 is 0 Å². The Kier molecular flexibility index (Phi) is 5.36. The molecule has 5 heteroatoms. The molecule has 0 saturated carbocycles. The molecule has 1 aliphatic rings. The van der Waals surface area contributed by atoms with Crippen LogP contribution in [0.25, 0.3) is 0 Å². The first kappa shape index (κ1) is 19.0. The summed E-state index contributed by atoms with van der Waals surface area (Å²) in [5.41, 5.74) is -0.384. The van der Waals surface area contributed by atoms with Crippen LogP contribution in [-0.4, -0.2) is 28.2 Å². The van der Waals surface area contributed by atoms with Crippen molar-refractivity contribution in [1.29, 1.82) is 0 Å². The standard InChI is InChI=1S/C18H27O3PSe/c1-17(2,3)15-14(23-13-11-9-8-10-12-13)16(18(4,5)6)22(19,20-7)21-15/h8-12,15H,1-7H3/t15-,22+/m0/s1. The second-order valence-corrected chi connectivity index (χ2v) is 12.3. The normalized spacial score (nSPS) is 26.0. The zero-order valence-corrected chi connectivity index (χ0v) is 17.7. The van der Waals surface area contributed by atoms with Crippen molar-refractivity contribution < 1.29 is 13.6 Å². The van der Waals surface area contributed by atoms with Gasteiger partial charge in [0.2, 0.25) is 0 Å². The summed E-state index contributed by atoms with van der Waals surface area (Å²) in [4.78, 5) is 0. The molecule has 0 unspecified atom stereocenters. The first-order valence-electron chi connectivity index (χ1n) is 7.81. The molecule has 3 nitrogen and oxygen atoms in total. The first-order valence-corrected chi connectivity index (χ1v) is 11.1. The molecular weight excluding hydrogens is 374 g/mol. The molecule has 1 heterocycles. The average Bonchev–Trinajstić information content (AvgIpc) is 2.73. The summed E-state index contributed by atoms with van der Waals surface area (Å²) in [5.74, 6) is 0. The monoisotopic (exact) mass is 402 g/mol. The van der Waals surface area contributed by atoms with Crippen LogP contribution >= 0.6 is 7.60 Å². The van der Waals surface area contributed by atoms with Gasteiger partial charge in [-0.05, 0) is 0 Å². The maximum atomic E-state index is 13.3. The van der Waals surface area contributed by atoms with Crippen LogP contribution in [0, 0.1) is 10.8 Å². The van der Waals surface area contributed by atoms with E-state index in [4.69, 9.17) is 9.05 Å². The fraction of sp³-hybridized carbons (Fsp3) is 0.556. The minimum atomic E-state index is -3.23. The molecule has 1 aliphatic heterocycles. The third-order valence-corrected chi connectivity index (χ3v) is 8.87. The molecule has 0 radical (unpaired) electrons. The number of allylic oxidation sites excluding steroid dienone is 1. The van der Waals surface area contributed by atoms with Gasteiger partial charge in [-0.3, -0.25) is 0 Å². The van der Waals surface area contributed by atoms with Crippen molar-refractivity contribution in [3.05, 3.63) is 40.1 Å². The molecule has 1 aromatic rings. The van der Waals surface area contributed by atoms with E-state index < -0.39 is 7.60 Å². The summed E-state index contributed by atoms with van der Waals surface area (Å²) in [6.07, 6.45) is -0.178. The molecular formula is C18H27O3PSe. The second kappa shape index (κ2) is 6.50. The van der Waals surface area contributed by atoms with Gasteiger partial charge >= 0.3 is 146 Å². The Bertz CT molecular complexity index is 638. The molecule has 128 valence electrons. The van der Waals surface area contributed by atoms with E-state index in [-0.39, 0.29) is 31.9 Å². The summed E-state index contributed by atoms with van der Waals surface area (Å²) in [6.45, 7) is 12.6. The average molecular weight is 401 g/mol. The Morgan fingerprint density at radius 2 is 1.65 bits per heavy atom.